The number of hydrogen-bond donors (Lipinski definition) is 1. The topological polar surface area (TPSA) is 67.2 Å². The molecule has 3 rings (SSSR count). The van der Waals surface area contributed by atoms with E-state index in [0.29, 0.717) is 17.8 Å². The van der Waals surface area contributed by atoms with Crippen molar-refractivity contribution >= 4 is 5.91 Å². The van der Waals surface area contributed by atoms with E-state index in [4.69, 9.17) is 0 Å². The summed E-state index contributed by atoms with van der Waals surface area (Å²) in [6.45, 7) is 3.31. The molecular formula is C18H21FN4O2. The summed E-state index contributed by atoms with van der Waals surface area (Å²) in [5, 5.41) is 6.92. The van der Waals surface area contributed by atoms with Crippen LogP contribution in [0.25, 0.3) is 11.3 Å². The fourth-order valence-corrected chi connectivity index (χ4v) is 2.93. The van der Waals surface area contributed by atoms with Gasteiger partial charge in [-0.15, -0.1) is 0 Å². The van der Waals surface area contributed by atoms with Crippen LogP contribution >= 0.6 is 0 Å². The van der Waals surface area contributed by atoms with Crippen LogP contribution in [0.2, 0.25) is 0 Å². The third-order valence-corrected chi connectivity index (χ3v) is 4.26. The van der Waals surface area contributed by atoms with Crippen LogP contribution in [0, 0.1) is 5.82 Å². The highest BCUT2D eigenvalue weighted by atomic mass is 19.1. The van der Waals surface area contributed by atoms with Gasteiger partial charge in [0, 0.05) is 24.7 Å². The number of aromatic nitrogens is 2. The number of halogens is 1. The van der Waals surface area contributed by atoms with Crippen molar-refractivity contribution in [1.29, 1.82) is 0 Å². The van der Waals surface area contributed by atoms with Crippen molar-refractivity contribution in [2.45, 2.75) is 19.4 Å². The normalized spacial score (nSPS) is 14.6. The Hall–Kier alpha value is -2.54. The lowest BCUT2D eigenvalue weighted by Gasteiger charge is -2.14. The predicted molar refractivity (Wildman–Crippen MR) is 92.6 cm³/mol. The van der Waals surface area contributed by atoms with Gasteiger partial charge in [-0.05, 0) is 44.1 Å². The molecule has 2 aromatic rings. The van der Waals surface area contributed by atoms with E-state index in [1.807, 2.05) is 0 Å². The summed E-state index contributed by atoms with van der Waals surface area (Å²) in [7, 11) is 0. The molecule has 2 heterocycles. The van der Waals surface area contributed by atoms with Gasteiger partial charge in [0.1, 0.15) is 12.4 Å². The van der Waals surface area contributed by atoms with Crippen molar-refractivity contribution in [3.05, 3.63) is 52.6 Å². The van der Waals surface area contributed by atoms with Crippen LogP contribution in [0.3, 0.4) is 0 Å². The van der Waals surface area contributed by atoms with Crippen molar-refractivity contribution in [2.75, 3.05) is 26.2 Å². The van der Waals surface area contributed by atoms with Crippen molar-refractivity contribution in [1.82, 2.24) is 20.0 Å². The molecule has 1 aromatic carbocycles. The molecule has 0 bridgehead atoms. The smallest absolute Gasteiger partial charge is 0.267 e. The molecule has 1 saturated heterocycles. The Morgan fingerprint density at radius 2 is 1.92 bits per heavy atom. The standard InChI is InChI=1S/C18H21FN4O2/c19-15-6-2-1-5-14(15)16-7-8-18(25)23(21-16)13-17(24)20-9-12-22-10-3-4-11-22/h1-2,5-8H,3-4,9-13H2,(H,20,24). The fourth-order valence-electron chi connectivity index (χ4n) is 2.93. The van der Waals surface area contributed by atoms with Crippen molar-refractivity contribution in [2.24, 2.45) is 0 Å². The number of amides is 1. The van der Waals surface area contributed by atoms with Gasteiger partial charge in [-0.2, -0.15) is 5.10 Å². The van der Waals surface area contributed by atoms with Crippen LogP contribution < -0.4 is 10.9 Å². The molecule has 1 fully saturated rings. The maximum absolute atomic E-state index is 13.9. The first kappa shape index (κ1) is 17.3. The SMILES string of the molecule is O=C(Cn1nc(-c2ccccc2F)ccc1=O)NCCN1CCCC1. The number of likely N-dealkylation sites (tertiary alicyclic amines) is 1. The van der Waals surface area contributed by atoms with E-state index >= 15 is 0 Å². The Morgan fingerprint density at radius 1 is 1.16 bits per heavy atom. The fraction of sp³-hybridized carbons (Fsp3) is 0.389. The lowest BCUT2D eigenvalue weighted by molar-refractivity contribution is -0.121. The molecule has 0 unspecified atom stereocenters. The molecule has 0 radical (unpaired) electrons. The molecule has 25 heavy (non-hydrogen) atoms. The Bertz CT molecular complexity index is 800. The molecule has 0 atom stereocenters. The zero-order valence-corrected chi connectivity index (χ0v) is 13.9. The number of rotatable bonds is 6. The molecule has 0 saturated carbocycles. The number of carbonyl (C=O) groups is 1. The molecule has 1 N–H and O–H groups in total. The van der Waals surface area contributed by atoms with Gasteiger partial charge in [-0.3, -0.25) is 9.59 Å². The molecule has 132 valence electrons. The minimum absolute atomic E-state index is 0.179. The summed E-state index contributed by atoms with van der Waals surface area (Å²) in [4.78, 5) is 26.3. The van der Waals surface area contributed by atoms with E-state index in [0.717, 1.165) is 24.3 Å². The van der Waals surface area contributed by atoms with Gasteiger partial charge in [-0.1, -0.05) is 12.1 Å². The summed E-state index contributed by atoms with van der Waals surface area (Å²) >= 11 is 0. The van der Waals surface area contributed by atoms with Crippen LogP contribution in [0.1, 0.15) is 12.8 Å². The van der Waals surface area contributed by atoms with Crippen molar-refractivity contribution in [3.63, 3.8) is 0 Å². The number of carbonyl (C=O) groups excluding carboxylic acids is 1. The van der Waals surface area contributed by atoms with Gasteiger partial charge in [0.2, 0.25) is 5.91 Å². The maximum atomic E-state index is 13.9. The summed E-state index contributed by atoms with van der Waals surface area (Å²) in [6, 6.07) is 8.96. The first-order chi connectivity index (χ1) is 12.1. The number of nitrogens with one attached hydrogen (secondary N) is 1. The van der Waals surface area contributed by atoms with E-state index in [-0.39, 0.29) is 12.5 Å². The minimum Gasteiger partial charge on any atom is -0.353 e. The average molecular weight is 344 g/mol. The van der Waals surface area contributed by atoms with Crippen LogP contribution in [0.15, 0.2) is 41.2 Å². The summed E-state index contributed by atoms with van der Waals surface area (Å²) in [5.41, 5.74) is 0.225. The summed E-state index contributed by atoms with van der Waals surface area (Å²) in [5.74, 6) is -0.699. The van der Waals surface area contributed by atoms with E-state index in [1.165, 1.54) is 31.0 Å². The molecule has 6 nitrogen and oxygen atoms in total. The van der Waals surface area contributed by atoms with Crippen LogP contribution in [-0.4, -0.2) is 46.8 Å². The molecule has 1 aliphatic rings. The zero-order chi connectivity index (χ0) is 17.6. The molecule has 0 spiro atoms. The predicted octanol–water partition coefficient (Wildman–Crippen LogP) is 1.26. The van der Waals surface area contributed by atoms with E-state index in [1.54, 1.807) is 18.2 Å². The number of benzene rings is 1. The number of nitrogens with zero attached hydrogens (tertiary/aromatic N) is 3. The molecule has 0 aliphatic carbocycles. The van der Waals surface area contributed by atoms with Crippen molar-refractivity contribution < 1.29 is 9.18 Å². The molecule has 1 amide bonds. The Balaban J connectivity index is 1.63. The van der Waals surface area contributed by atoms with Crippen LogP contribution in [0.5, 0.6) is 0 Å². The van der Waals surface area contributed by atoms with Crippen molar-refractivity contribution in [3.8, 4) is 11.3 Å². The summed E-state index contributed by atoms with van der Waals surface area (Å²) < 4.78 is 14.9. The highest BCUT2D eigenvalue weighted by molar-refractivity contribution is 5.75. The molecule has 7 heteroatoms. The highest BCUT2D eigenvalue weighted by Gasteiger charge is 2.12. The molecule has 1 aliphatic heterocycles. The van der Waals surface area contributed by atoms with Crippen LogP contribution in [0.4, 0.5) is 4.39 Å². The average Bonchev–Trinajstić information content (AvgIpc) is 3.11. The Labute approximate surface area is 145 Å². The Kier molecular flexibility index (Phi) is 5.55. The van der Waals surface area contributed by atoms with Gasteiger partial charge in [0.15, 0.2) is 0 Å². The van der Waals surface area contributed by atoms with Gasteiger partial charge in [0.05, 0.1) is 5.69 Å². The first-order valence-corrected chi connectivity index (χ1v) is 8.45. The largest absolute Gasteiger partial charge is 0.353 e. The van der Waals surface area contributed by atoms with E-state index < -0.39 is 11.4 Å². The monoisotopic (exact) mass is 344 g/mol. The second-order valence-electron chi connectivity index (χ2n) is 6.09. The van der Waals surface area contributed by atoms with Gasteiger partial charge in [0.25, 0.3) is 5.56 Å². The molecular weight excluding hydrogens is 323 g/mol. The van der Waals surface area contributed by atoms with Crippen LogP contribution in [-0.2, 0) is 11.3 Å². The van der Waals surface area contributed by atoms with E-state index in [9.17, 15) is 14.0 Å². The van der Waals surface area contributed by atoms with Gasteiger partial charge < -0.3 is 10.2 Å². The highest BCUT2D eigenvalue weighted by Crippen LogP contribution is 2.18. The maximum Gasteiger partial charge on any atom is 0.267 e. The van der Waals surface area contributed by atoms with Gasteiger partial charge in [-0.25, -0.2) is 9.07 Å². The third-order valence-electron chi connectivity index (χ3n) is 4.26. The van der Waals surface area contributed by atoms with E-state index in [2.05, 4.69) is 15.3 Å². The second kappa shape index (κ2) is 8.02. The minimum atomic E-state index is -0.421. The molecule has 1 aromatic heterocycles. The zero-order valence-electron chi connectivity index (χ0n) is 13.9. The quantitative estimate of drug-likeness (QED) is 0.857. The Morgan fingerprint density at radius 3 is 2.68 bits per heavy atom. The lowest BCUT2D eigenvalue weighted by atomic mass is 10.1. The number of hydrogen-bond acceptors (Lipinski definition) is 4. The first-order valence-electron chi connectivity index (χ1n) is 8.45. The summed E-state index contributed by atoms with van der Waals surface area (Å²) in [6.07, 6.45) is 2.41. The lowest BCUT2D eigenvalue weighted by Crippen LogP contribution is -2.37. The second-order valence-corrected chi connectivity index (χ2v) is 6.09. The third kappa shape index (κ3) is 4.51. The van der Waals surface area contributed by atoms with Gasteiger partial charge >= 0.3 is 0 Å².